The van der Waals surface area contributed by atoms with Crippen molar-refractivity contribution in [3.05, 3.63) is 35.4 Å². The summed E-state index contributed by atoms with van der Waals surface area (Å²) in [6, 6.07) is 4.37. The van der Waals surface area contributed by atoms with E-state index >= 15 is 0 Å². The van der Waals surface area contributed by atoms with Gasteiger partial charge in [-0.1, -0.05) is 19.3 Å². The van der Waals surface area contributed by atoms with E-state index in [2.05, 4.69) is 10.2 Å². The summed E-state index contributed by atoms with van der Waals surface area (Å²) in [5.74, 6) is -0.196. The molecule has 1 aliphatic carbocycles. The van der Waals surface area contributed by atoms with Crippen molar-refractivity contribution in [1.82, 2.24) is 10.2 Å². The van der Waals surface area contributed by atoms with Crippen molar-refractivity contribution < 1.29 is 8.78 Å². The van der Waals surface area contributed by atoms with Gasteiger partial charge in [-0.15, -0.1) is 0 Å². The van der Waals surface area contributed by atoms with E-state index in [1.807, 2.05) is 0 Å². The zero-order chi connectivity index (χ0) is 14.7. The quantitative estimate of drug-likeness (QED) is 0.920. The summed E-state index contributed by atoms with van der Waals surface area (Å²) in [5, 5.41) is 3.64. The fraction of sp³-hybridized carbons (Fsp3) is 0.647. The zero-order valence-electron chi connectivity index (χ0n) is 12.5. The van der Waals surface area contributed by atoms with Gasteiger partial charge >= 0.3 is 0 Å². The standard InChI is InChI=1S/C17H24F2N2/c18-15-8-13(9-16(19)10-15)11-21-7-6-20-17(12-21)14-4-2-1-3-5-14/h8-10,14,17,20H,1-7,11-12H2. The SMILES string of the molecule is Fc1cc(F)cc(CN2CCNC(C3CCCCC3)C2)c1. The molecule has 1 saturated carbocycles. The number of hydrogen-bond acceptors (Lipinski definition) is 2. The van der Waals surface area contributed by atoms with Crippen LogP contribution in [0.1, 0.15) is 37.7 Å². The van der Waals surface area contributed by atoms with E-state index in [9.17, 15) is 8.78 Å². The predicted octanol–water partition coefficient (Wildman–Crippen LogP) is 3.32. The Bertz CT molecular complexity index is 452. The second-order valence-electron chi connectivity index (χ2n) is 6.47. The lowest BCUT2D eigenvalue weighted by molar-refractivity contribution is 0.141. The van der Waals surface area contributed by atoms with Crippen molar-refractivity contribution in [2.45, 2.75) is 44.7 Å². The van der Waals surface area contributed by atoms with Crippen LogP contribution in [-0.4, -0.2) is 30.6 Å². The Hall–Kier alpha value is -1.00. The highest BCUT2D eigenvalue weighted by atomic mass is 19.1. The molecule has 0 spiro atoms. The molecule has 3 rings (SSSR count). The van der Waals surface area contributed by atoms with Crippen molar-refractivity contribution in [3.63, 3.8) is 0 Å². The smallest absolute Gasteiger partial charge is 0.126 e. The first kappa shape index (κ1) is 14.9. The van der Waals surface area contributed by atoms with Gasteiger partial charge in [-0.3, -0.25) is 4.90 Å². The van der Waals surface area contributed by atoms with Gasteiger partial charge in [-0.2, -0.15) is 0 Å². The van der Waals surface area contributed by atoms with E-state index in [1.165, 1.54) is 44.2 Å². The van der Waals surface area contributed by atoms with Crippen LogP contribution < -0.4 is 5.32 Å². The van der Waals surface area contributed by atoms with Crippen LogP contribution in [0.15, 0.2) is 18.2 Å². The summed E-state index contributed by atoms with van der Waals surface area (Å²) in [4.78, 5) is 2.32. The van der Waals surface area contributed by atoms with Crippen molar-refractivity contribution in [1.29, 1.82) is 0 Å². The maximum absolute atomic E-state index is 13.3. The predicted molar refractivity (Wildman–Crippen MR) is 80.0 cm³/mol. The summed E-state index contributed by atoms with van der Waals surface area (Å²) in [7, 11) is 0. The molecule has 4 heteroatoms. The summed E-state index contributed by atoms with van der Waals surface area (Å²) in [5.41, 5.74) is 0.733. The van der Waals surface area contributed by atoms with Crippen LogP contribution in [0.3, 0.4) is 0 Å². The molecule has 1 aliphatic heterocycles. The summed E-state index contributed by atoms with van der Waals surface area (Å²) in [6.45, 7) is 3.54. The molecular weight excluding hydrogens is 270 g/mol. The summed E-state index contributed by atoms with van der Waals surface area (Å²) in [6.07, 6.45) is 6.70. The molecule has 0 radical (unpaired) electrons. The summed E-state index contributed by atoms with van der Waals surface area (Å²) >= 11 is 0. The minimum absolute atomic E-state index is 0.482. The Morgan fingerprint density at radius 1 is 1.05 bits per heavy atom. The Morgan fingerprint density at radius 3 is 2.48 bits per heavy atom. The highest BCUT2D eigenvalue weighted by Gasteiger charge is 2.27. The van der Waals surface area contributed by atoms with Crippen molar-refractivity contribution in [2.24, 2.45) is 5.92 Å². The lowest BCUT2D eigenvalue weighted by Gasteiger charge is -2.39. The van der Waals surface area contributed by atoms with E-state index in [-0.39, 0.29) is 0 Å². The molecule has 21 heavy (non-hydrogen) atoms. The number of nitrogens with one attached hydrogen (secondary N) is 1. The Morgan fingerprint density at radius 2 is 1.76 bits per heavy atom. The molecule has 2 nitrogen and oxygen atoms in total. The number of hydrogen-bond donors (Lipinski definition) is 1. The molecule has 1 heterocycles. The molecule has 1 unspecified atom stereocenters. The zero-order valence-corrected chi connectivity index (χ0v) is 12.5. The van der Waals surface area contributed by atoms with Crippen LogP contribution in [0.2, 0.25) is 0 Å². The molecule has 116 valence electrons. The number of nitrogens with zero attached hydrogens (tertiary/aromatic N) is 1. The van der Waals surface area contributed by atoms with Gasteiger partial charge in [-0.05, 0) is 36.5 Å². The first-order valence-corrected chi connectivity index (χ1v) is 8.11. The van der Waals surface area contributed by atoms with Gasteiger partial charge in [0.1, 0.15) is 11.6 Å². The van der Waals surface area contributed by atoms with Gasteiger partial charge in [0.15, 0.2) is 0 Å². The first-order chi connectivity index (χ1) is 10.2. The van der Waals surface area contributed by atoms with Crippen molar-refractivity contribution in [3.8, 4) is 0 Å². The minimum Gasteiger partial charge on any atom is -0.311 e. The molecule has 1 atom stereocenters. The normalized spacial score (nSPS) is 25.1. The second kappa shape index (κ2) is 6.84. The molecule has 2 fully saturated rings. The molecule has 1 aromatic carbocycles. The van der Waals surface area contributed by atoms with Crippen molar-refractivity contribution >= 4 is 0 Å². The maximum atomic E-state index is 13.3. The van der Waals surface area contributed by atoms with Gasteiger partial charge in [0.25, 0.3) is 0 Å². The fourth-order valence-corrected chi connectivity index (χ4v) is 3.80. The van der Waals surface area contributed by atoms with E-state index in [0.29, 0.717) is 12.6 Å². The molecule has 0 bridgehead atoms. The monoisotopic (exact) mass is 294 g/mol. The number of halogens is 2. The second-order valence-corrected chi connectivity index (χ2v) is 6.47. The molecule has 0 amide bonds. The molecule has 1 aromatic rings. The van der Waals surface area contributed by atoms with E-state index in [4.69, 9.17) is 0 Å². The van der Waals surface area contributed by atoms with Crippen LogP contribution in [0.5, 0.6) is 0 Å². The van der Waals surface area contributed by atoms with Gasteiger partial charge in [0, 0.05) is 38.3 Å². The highest BCUT2D eigenvalue weighted by molar-refractivity contribution is 5.18. The van der Waals surface area contributed by atoms with Crippen LogP contribution in [0.25, 0.3) is 0 Å². The topological polar surface area (TPSA) is 15.3 Å². The van der Waals surface area contributed by atoms with E-state index in [1.54, 1.807) is 0 Å². The number of benzene rings is 1. The lowest BCUT2D eigenvalue weighted by atomic mass is 9.83. The van der Waals surface area contributed by atoms with E-state index in [0.717, 1.165) is 37.2 Å². The van der Waals surface area contributed by atoms with Crippen LogP contribution in [0.4, 0.5) is 8.78 Å². The number of piperazine rings is 1. The molecule has 1 N–H and O–H groups in total. The van der Waals surface area contributed by atoms with Crippen LogP contribution in [-0.2, 0) is 6.54 Å². The minimum atomic E-state index is -0.482. The van der Waals surface area contributed by atoms with E-state index < -0.39 is 11.6 Å². The highest BCUT2D eigenvalue weighted by Crippen LogP contribution is 2.28. The maximum Gasteiger partial charge on any atom is 0.126 e. The van der Waals surface area contributed by atoms with Crippen molar-refractivity contribution in [2.75, 3.05) is 19.6 Å². The molecular formula is C17H24F2N2. The third-order valence-corrected chi connectivity index (χ3v) is 4.84. The Balaban J connectivity index is 1.60. The largest absolute Gasteiger partial charge is 0.311 e. The van der Waals surface area contributed by atoms with Gasteiger partial charge in [0.05, 0.1) is 0 Å². The third kappa shape index (κ3) is 4.01. The van der Waals surface area contributed by atoms with Gasteiger partial charge in [-0.25, -0.2) is 8.78 Å². The van der Waals surface area contributed by atoms with Gasteiger partial charge < -0.3 is 5.32 Å². The molecule has 1 saturated heterocycles. The molecule has 0 aromatic heterocycles. The number of rotatable bonds is 3. The lowest BCUT2D eigenvalue weighted by Crippen LogP contribution is -2.53. The van der Waals surface area contributed by atoms with Gasteiger partial charge in [0.2, 0.25) is 0 Å². The average Bonchev–Trinajstić information content (AvgIpc) is 2.47. The average molecular weight is 294 g/mol. The van der Waals surface area contributed by atoms with Crippen LogP contribution in [0, 0.1) is 17.6 Å². The molecule has 2 aliphatic rings. The Labute approximate surface area is 125 Å². The third-order valence-electron chi connectivity index (χ3n) is 4.84. The van der Waals surface area contributed by atoms with Crippen LogP contribution >= 0.6 is 0 Å². The first-order valence-electron chi connectivity index (χ1n) is 8.11. The fourth-order valence-electron chi connectivity index (χ4n) is 3.80. The Kier molecular flexibility index (Phi) is 4.86. The summed E-state index contributed by atoms with van der Waals surface area (Å²) < 4.78 is 26.6.